The molecule has 4 heteroatoms. The Bertz CT molecular complexity index is 848. The number of benzene rings is 2. The fourth-order valence-electron chi connectivity index (χ4n) is 3.68. The third-order valence-corrected chi connectivity index (χ3v) is 5.14. The van der Waals surface area contributed by atoms with Crippen molar-refractivity contribution in [3.05, 3.63) is 71.9 Å². The average Bonchev–Trinajstić information content (AvgIpc) is 3.06. The summed E-state index contributed by atoms with van der Waals surface area (Å²) in [5.41, 5.74) is 3.67. The highest BCUT2D eigenvalue weighted by molar-refractivity contribution is 5.82. The second-order valence-electron chi connectivity index (χ2n) is 6.83. The molecule has 2 N–H and O–H groups in total. The maximum atomic E-state index is 12.5. The number of carbonyl (C=O) groups is 1. The molecule has 1 aliphatic rings. The van der Waals surface area contributed by atoms with Crippen LogP contribution in [0.25, 0.3) is 10.9 Å². The van der Waals surface area contributed by atoms with E-state index in [0.29, 0.717) is 6.42 Å². The summed E-state index contributed by atoms with van der Waals surface area (Å²) in [6.07, 6.45) is 2.64. The monoisotopic (exact) mass is 334 g/mol. The highest BCUT2D eigenvalue weighted by Gasteiger charge is 2.24. The largest absolute Gasteiger partial charge is 0.361 e. The van der Waals surface area contributed by atoms with Crippen molar-refractivity contribution in [3.8, 4) is 0 Å². The lowest BCUT2D eigenvalue weighted by molar-refractivity contribution is -0.917. The van der Waals surface area contributed by atoms with Gasteiger partial charge in [0.05, 0.1) is 32.6 Å². The number of amides is 1. The Labute approximate surface area is 148 Å². The molecule has 1 saturated heterocycles. The maximum absolute atomic E-state index is 12.5. The Balaban J connectivity index is 1.33. The third kappa shape index (κ3) is 3.59. The SMILES string of the molecule is O=C(Cc1ccccc1)N1CC[NH+](Cc2c[nH]c3ccccc23)CC1. The minimum atomic E-state index is 0.248. The Morgan fingerprint density at radius 3 is 2.52 bits per heavy atom. The van der Waals surface area contributed by atoms with Crippen molar-refractivity contribution in [3.63, 3.8) is 0 Å². The van der Waals surface area contributed by atoms with Gasteiger partial charge in [0.25, 0.3) is 0 Å². The number of hydrogen-bond acceptors (Lipinski definition) is 1. The number of nitrogens with one attached hydrogen (secondary N) is 2. The van der Waals surface area contributed by atoms with Crippen LogP contribution in [-0.2, 0) is 17.8 Å². The van der Waals surface area contributed by atoms with Crippen LogP contribution in [0.1, 0.15) is 11.1 Å². The first kappa shape index (κ1) is 15.9. The number of para-hydroxylation sites is 1. The molecule has 0 spiro atoms. The summed E-state index contributed by atoms with van der Waals surface area (Å²) in [7, 11) is 0. The number of aromatic amines is 1. The molecule has 4 rings (SSSR count). The zero-order valence-electron chi connectivity index (χ0n) is 14.4. The predicted molar refractivity (Wildman–Crippen MR) is 99.4 cm³/mol. The molecule has 4 nitrogen and oxygen atoms in total. The summed E-state index contributed by atoms with van der Waals surface area (Å²) in [4.78, 5) is 19.4. The van der Waals surface area contributed by atoms with Crippen molar-refractivity contribution in [2.45, 2.75) is 13.0 Å². The van der Waals surface area contributed by atoms with Gasteiger partial charge in [-0.15, -0.1) is 0 Å². The zero-order valence-corrected chi connectivity index (χ0v) is 14.4. The predicted octanol–water partition coefficient (Wildman–Crippen LogP) is 1.64. The maximum Gasteiger partial charge on any atom is 0.227 e. The fourth-order valence-corrected chi connectivity index (χ4v) is 3.68. The first-order valence-electron chi connectivity index (χ1n) is 9.00. The van der Waals surface area contributed by atoms with E-state index in [9.17, 15) is 4.79 Å². The molecule has 0 atom stereocenters. The highest BCUT2D eigenvalue weighted by Crippen LogP contribution is 2.16. The van der Waals surface area contributed by atoms with E-state index in [1.165, 1.54) is 16.5 Å². The first-order valence-corrected chi connectivity index (χ1v) is 9.00. The molecule has 0 aliphatic carbocycles. The first-order chi connectivity index (χ1) is 12.3. The quantitative estimate of drug-likeness (QED) is 0.748. The van der Waals surface area contributed by atoms with Gasteiger partial charge in [0, 0.05) is 22.7 Å². The van der Waals surface area contributed by atoms with Gasteiger partial charge in [-0.3, -0.25) is 4.79 Å². The normalized spacial score (nSPS) is 15.6. The number of hydrogen-bond donors (Lipinski definition) is 2. The van der Waals surface area contributed by atoms with E-state index in [1.807, 2.05) is 35.2 Å². The molecular weight excluding hydrogens is 310 g/mol. The lowest BCUT2D eigenvalue weighted by Crippen LogP contribution is -3.13. The van der Waals surface area contributed by atoms with E-state index >= 15 is 0 Å². The number of H-pyrrole nitrogens is 1. The molecule has 2 aromatic carbocycles. The van der Waals surface area contributed by atoms with Crippen molar-refractivity contribution in [2.24, 2.45) is 0 Å². The van der Waals surface area contributed by atoms with Gasteiger partial charge in [-0.1, -0.05) is 48.5 Å². The minimum absolute atomic E-state index is 0.248. The molecule has 1 aliphatic heterocycles. The molecule has 128 valence electrons. The lowest BCUT2D eigenvalue weighted by atomic mass is 10.1. The smallest absolute Gasteiger partial charge is 0.227 e. The Morgan fingerprint density at radius 1 is 1.00 bits per heavy atom. The number of rotatable bonds is 4. The molecule has 2 heterocycles. The second kappa shape index (κ2) is 7.11. The van der Waals surface area contributed by atoms with Gasteiger partial charge in [0.2, 0.25) is 5.91 Å². The van der Waals surface area contributed by atoms with E-state index in [4.69, 9.17) is 0 Å². The summed E-state index contributed by atoms with van der Waals surface area (Å²) >= 11 is 0. The van der Waals surface area contributed by atoms with Gasteiger partial charge in [0.15, 0.2) is 0 Å². The summed E-state index contributed by atoms with van der Waals surface area (Å²) < 4.78 is 0. The van der Waals surface area contributed by atoms with Crippen molar-refractivity contribution in [1.29, 1.82) is 0 Å². The van der Waals surface area contributed by atoms with Crippen LogP contribution in [0, 0.1) is 0 Å². The number of piperazine rings is 1. The van der Waals surface area contributed by atoms with Gasteiger partial charge in [-0.2, -0.15) is 0 Å². The summed E-state index contributed by atoms with van der Waals surface area (Å²) in [5.74, 6) is 0.248. The van der Waals surface area contributed by atoms with Gasteiger partial charge in [-0.25, -0.2) is 0 Å². The van der Waals surface area contributed by atoms with Crippen LogP contribution in [-0.4, -0.2) is 42.0 Å². The standard InChI is InChI=1S/C21H23N3O/c25-21(14-17-6-2-1-3-7-17)24-12-10-23(11-13-24)16-18-15-22-20-9-5-4-8-19(18)20/h1-9,15,22H,10-14,16H2/p+1. The number of carbonyl (C=O) groups excluding carboxylic acids is 1. The molecule has 1 amide bonds. The van der Waals surface area contributed by atoms with Crippen LogP contribution in [0.5, 0.6) is 0 Å². The van der Waals surface area contributed by atoms with Crippen LogP contribution in [0.15, 0.2) is 60.8 Å². The van der Waals surface area contributed by atoms with Crippen LogP contribution in [0.3, 0.4) is 0 Å². The van der Waals surface area contributed by atoms with Gasteiger partial charge >= 0.3 is 0 Å². The van der Waals surface area contributed by atoms with Crippen LogP contribution in [0.2, 0.25) is 0 Å². The second-order valence-corrected chi connectivity index (χ2v) is 6.83. The van der Waals surface area contributed by atoms with Crippen LogP contribution < -0.4 is 4.90 Å². The average molecular weight is 334 g/mol. The third-order valence-electron chi connectivity index (χ3n) is 5.14. The van der Waals surface area contributed by atoms with Gasteiger partial charge in [0.1, 0.15) is 6.54 Å². The van der Waals surface area contributed by atoms with E-state index in [0.717, 1.165) is 38.3 Å². The Hall–Kier alpha value is -2.59. The number of nitrogens with zero attached hydrogens (tertiary/aromatic N) is 1. The molecular formula is C21H24N3O+. The fraction of sp³-hybridized carbons (Fsp3) is 0.286. The van der Waals surface area contributed by atoms with Crippen molar-refractivity contribution in [1.82, 2.24) is 9.88 Å². The molecule has 1 fully saturated rings. The van der Waals surface area contributed by atoms with Gasteiger partial charge in [-0.05, 0) is 11.6 Å². The van der Waals surface area contributed by atoms with Crippen molar-refractivity contribution < 1.29 is 9.69 Å². The molecule has 1 aromatic heterocycles. The van der Waals surface area contributed by atoms with Crippen LogP contribution >= 0.6 is 0 Å². The van der Waals surface area contributed by atoms with E-state index < -0.39 is 0 Å². The summed E-state index contributed by atoms with van der Waals surface area (Å²) in [5, 5.41) is 1.32. The highest BCUT2D eigenvalue weighted by atomic mass is 16.2. The molecule has 0 saturated carbocycles. The Morgan fingerprint density at radius 2 is 1.72 bits per heavy atom. The number of fused-ring (bicyclic) bond motifs is 1. The van der Waals surface area contributed by atoms with E-state index in [-0.39, 0.29) is 5.91 Å². The lowest BCUT2D eigenvalue weighted by Gasteiger charge is -2.32. The van der Waals surface area contributed by atoms with Crippen molar-refractivity contribution in [2.75, 3.05) is 26.2 Å². The van der Waals surface area contributed by atoms with E-state index in [2.05, 4.69) is 35.4 Å². The molecule has 0 unspecified atom stereocenters. The minimum Gasteiger partial charge on any atom is -0.361 e. The summed E-state index contributed by atoms with van der Waals surface area (Å²) in [6, 6.07) is 18.5. The van der Waals surface area contributed by atoms with E-state index in [1.54, 1.807) is 4.90 Å². The molecule has 25 heavy (non-hydrogen) atoms. The zero-order chi connectivity index (χ0) is 17.1. The van der Waals surface area contributed by atoms with Crippen molar-refractivity contribution >= 4 is 16.8 Å². The number of quaternary nitrogens is 1. The molecule has 3 aromatic rings. The topological polar surface area (TPSA) is 40.5 Å². The molecule has 0 radical (unpaired) electrons. The van der Waals surface area contributed by atoms with Gasteiger partial charge < -0.3 is 14.8 Å². The summed E-state index contributed by atoms with van der Waals surface area (Å²) in [6.45, 7) is 4.75. The molecule has 0 bridgehead atoms. The van der Waals surface area contributed by atoms with Crippen LogP contribution in [0.4, 0.5) is 0 Å². The number of aromatic nitrogens is 1. The Kier molecular flexibility index (Phi) is 4.53.